The Kier molecular flexibility index (Phi) is 3.34. The third-order valence-corrected chi connectivity index (χ3v) is 2.25. The largest absolute Gasteiger partial charge is 0.346 e. The van der Waals surface area contributed by atoms with Gasteiger partial charge in [0.1, 0.15) is 0 Å². The fourth-order valence-electron chi connectivity index (χ4n) is 1.35. The van der Waals surface area contributed by atoms with Crippen molar-refractivity contribution in [2.45, 2.75) is 6.92 Å². The summed E-state index contributed by atoms with van der Waals surface area (Å²) in [7, 11) is 0. The summed E-state index contributed by atoms with van der Waals surface area (Å²) in [5.41, 5.74) is 3.24. The van der Waals surface area contributed by atoms with E-state index in [1.807, 2.05) is 42.5 Å². The monoisotopic (exact) mass is 210 g/mol. The number of anilines is 1. The molecule has 0 aromatic heterocycles. The second-order valence-electron chi connectivity index (χ2n) is 3.60. The third kappa shape index (κ3) is 2.95. The number of hydrogen-bond donors (Lipinski definition) is 1. The summed E-state index contributed by atoms with van der Waals surface area (Å²) in [4.78, 5) is 4.31. The number of aliphatic imine (C=N–C) groups is 1. The molecule has 2 aromatic rings. The lowest BCUT2D eigenvalue weighted by atomic mass is 10.2. The van der Waals surface area contributed by atoms with E-state index in [2.05, 4.69) is 29.4 Å². The van der Waals surface area contributed by atoms with Crippen LogP contribution < -0.4 is 5.32 Å². The van der Waals surface area contributed by atoms with Gasteiger partial charge in [0.25, 0.3) is 0 Å². The van der Waals surface area contributed by atoms with Gasteiger partial charge < -0.3 is 5.32 Å². The van der Waals surface area contributed by atoms with Gasteiger partial charge in [-0.2, -0.15) is 0 Å². The number of benzene rings is 2. The van der Waals surface area contributed by atoms with Crippen LogP contribution in [0.3, 0.4) is 0 Å². The first-order chi connectivity index (χ1) is 7.84. The summed E-state index contributed by atoms with van der Waals surface area (Å²) in [6, 6.07) is 18.1. The Morgan fingerprint density at radius 1 is 0.938 bits per heavy atom. The molecule has 1 N–H and O–H groups in total. The van der Waals surface area contributed by atoms with E-state index in [0.717, 1.165) is 11.4 Å². The average Bonchev–Trinajstić information content (AvgIpc) is 2.33. The van der Waals surface area contributed by atoms with Crippen LogP contribution in [0.2, 0.25) is 0 Å². The Balaban J connectivity index is 1.98. The first-order valence-electron chi connectivity index (χ1n) is 5.25. The first-order valence-corrected chi connectivity index (χ1v) is 5.25. The molecule has 0 aliphatic rings. The van der Waals surface area contributed by atoms with Gasteiger partial charge >= 0.3 is 0 Å². The molecular formula is C14H14N2. The minimum atomic E-state index is 0.953. The van der Waals surface area contributed by atoms with Gasteiger partial charge in [-0.15, -0.1) is 0 Å². The van der Waals surface area contributed by atoms with E-state index < -0.39 is 0 Å². The molecule has 0 fully saturated rings. The average molecular weight is 210 g/mol. The lowest BCUT2D eigenvalue weighted by Gasteiger charge is -1.98. The molecule has 0 bridgehead atoms. The van der Waals surface area contributed by atoms with E-state index in [-0.39, 0.29) is 0 Å². The van der Waals surface area contributed by atoms with Gasteiger partial charge in [0.2, 0.25) is 0 Å². The van der Waals surface area contributed by atoms with Gasteiger partial charge in [0, 0.05) is 5.69 Å². The molecule has 0 aliphatic heterocycles. The van der Waals surface area contributed by atoms with Gasteiger partial charge in [0.05, 0.1) is 12.0 Å². The summed E-state index contributed by atoms with van der Waals surface area (Å²) in [5, 5.41) is 3.12. The summed E-state index contributed by atoms with van der Waals surface area (Å²) in [5.74, 6) is 0. The van der Waals surface area contributed by atoms with Crippen molar-refractivity contribution in [3.05, 3.63) is 60.2 Å². The second kappa shape index (κ2) is 5.12. The smallest absolute Gasteiger partial charge is 0.0930 e. The molecule has 2 rings (SSSR count). The van der Waals surface area contributed by atoms with Crippen molar-refractivity contribution in [2.24, 2.45) is 4.99 Å². The Labute approximate surface area is 95.7 Å². The van der Waals surface area contributed by atoms with Crippen molar-refractivity contribution >= 4 is 17.7 Å². The van der Waals surface area contributed by atoms with E-state index in [0.29, 0.717) is 0 Å². The van der Waals surface area contributed by atoms with Crippen LogP contribution >= 0.6 is 0 Å². The van der Waals surface area contributed by atoms with Crippen LogP contribution in [0.5, 0.6) is 0 Å². The van der Waals surface area contributed by atoms with E-state index in [9.17, 15) is 0 Å². The maximum absolute atomic E-state index is 4.31. The maximum atomic E-state index is 4.31. The first kappa shape index (κ1) is 10.4. The molecule has 0 saturated carbocycles. The topological polar surface area (TPSA) is 24.4 Å². The minimum Gasteiger partial charge on any atom is -0.346 e. The fraction of sp³-hybridized carbons (Fsp3) is 0.0714. The predicted molar refractivity (Wildman–Crippen MR) is 69.4 cm³/mol. The Bertz CT molecular complexity index is 458. The van der Waals surface area contributed by atoms with Crippen LogP contribution in [0, 0.1) is 6.92 Å². The van der Waals surface area contributed by atoms with Crippen molar-refractivity contribution in [3.63, 3.8) is 0 Å². The molecule has 2 nitrogen and oxygen atoms in total. The van der Waals surface area contributed by atoms with Gasteiger partial charge in [-0.25, -0.2) is 4.99 Å². The number of aryl methyl sites for hydroxylation is 1. The number of hydrogen-bond acceptors (Lipinski definition) is 1. The number of nitrogens with one attached hydrogen (secondary N) is 1. The molecule has 0 aliphatic carbocycles. The van der Waals surface area contributed by atoms with Crippen molar-refractivity contribution in [1.29, 1.82) is 0 Å². The molecule has 0 spiro atoms. The Morgan fingerprint density at radius 2 is 1.62 bits per heavy atom. The van der Waals surface area contributed by atoms with Gasteiger partial charge in [0.15, 0.2) is 0 Å². The van der Waals surface area contributed by atoms with Crippen molar-refractivity contribution in [2.75, 3.05) is 5.32 Å². The van der Waals surface area contributed by atoms with Crippen LogP contribution in [0.15, 0.2) is 59.6 Å². The van der Waals surface area contributed by atoms with Crippen molar-refractivity contribution < 1.29 is 0 Å². The minimum absolute atomic E-state index is 0.953. The predicted octanol–water partition coefficient (Wildman–Crippen LogP) is 3.77. The zero-order valence-electron chi connectivity index (χ0n) is 9.22. The summed E-state index contributed by atoms with van der Waals surface area (Å²) in [6.45, 7) is 2.07. The maximum Gasteiger partial charge on any atom is 0.0930 e. The number of rotatable bonds is 3. The summed E-state index contributed by atoms with van der Waals surface area (Å²) >= 11 is 0. The van der Waals surface area contributed by atoms with Crippen molar-refractivity contribution in [1.82, 2.24) is 0 Å². The van der Waals surface area contributed by atoms with Crippen LogP contribution in [-0.2, 0) is 0 Å². The summed E-state index contributed by atoms with van der Waals surface area (Å²) < 4.78 is 0. The van der Waals surface area contributed by atoms with Gasteiger partial charge in [-0.3, -0.25) is 0 Å². The number of nitrogens with zero attached hydrogens (tertiary/aromatic N) is 1. The van der Waals surface area contributed by atoms with Crippen LogP contribution in [-0.4, -0.2) is 6.34 Å². The molecule has 2 heteroatoms. The molecule has 2 aromatic carbocycles. The zero-order valence-corrected chi connectivity index (χ0v) is 9.22. The molecule has 0 atom stereocenters. The highest BCUT2D eigenvalue weighted by Gasteiger charge is 1.87. The fourth-order valence-corrected chi connectivity index (χ4v) is 1.35. The summed E-state index contributed by atoms with van der Waals surface area (Å²) in [6.07, 6.45) is 1.71. The SMILES string of the molecule is Cc1ccc(N=CNc2ccccc2)cc1. The highest BCUT2D eigenvalue weighted by atomic mass is 14.9. The molecule has 0 heterocycles. The number of para-hydroxylation sites is 1. The molecule has 0 amide bonds. The third-order valence-electron chi connectivity index (χ3n) is 2.25. The van der Waals surface area contributed by atoms with E-state index in [4.69, 9.17) is 0 Å². The Hall–Kier alpha value is -2.09. The van der Waals surface area contributed by atoms with Crippen LogP contribution in [0.1, 0.15) is 5.56 Å². The Morgan fingerprint density at radius 3 is 2.31 bits per heavy atom. The van der Waals surface area contributed by atoms with E-state index >= 15 is 0 Å². The van der Waals surface area contributed by atoms with E-state index in [1.54, 1.807) is 6.34 Å². The highest BCUT2D eigenvalue weighted by molar-refractivity contribution is 5.77. The van der Waals surface area contributed by atoms with Crippen LogP contribution in [0.4, 0.5) is 11.4 Å². The molecule has 16 heavy (non-hydrogen) atoms. The van der Waals surface area contributed by atoms with Crippen LogP contribution in [0.25, 0.3) is 0 Å². The standard InChI is InChI=1S/C14H14N2/c1-12-7-9-14(10-8-12)16-11-15-13-5-3-2-4-6-13/h2-11H,1H3,(H,15,16). The highest BCUT2D eigenvalue weighted by Crippen LogP contribution is 2.11. The lowest BCUT2D eigenvalue weighted by molar-refractivity contribution is 1.44. The zero-order chi connectivity index (χ0) is 11.2. The van der Waals surface area contributed by atoms with Crippen molar-refractivity contribution in [3.8, 4) is 0 Å². The molecule has 0 radical (unpaired) electrons. The molecular weight excluding hydrogens is 196 g/mol. The normalized spacial score (nSPS) is 10.6. The van der Waals surface area contributed by atoms with E-state index in [1.165, 1.54) is 5.56 Å². The molecule has 0 unspecified atom stereocenters. The quantitative estimate of drug-likeness (QED) is 0.605. The second-order valence-corrected chi connectivity index (χ2v) is 3.60. The lowest BCUT2D eigenvalue weighted by Crippen LogP contribution is -1.92. The molecule has 0 saturated heterocycles. The van der Waals surface area contributed by atoms with Gasteiger partial charge in [-0.1, -0.05) is 35.9 Å². The van der Waals surface area contributed by atoms with Gasteiger partial charge in [-0.05, 0) is 31.2 Å². The molecule has 80 valence electrons.